The van der Waals surface area contributed by atoms with Gasteiger partial charge in [0.2, 0.25) is 0 Å². The van der Waals surface area contributed by atoms with E-state index < -0.39 is 17.5 Å². The Morgan fingerprint density at radius 3 is 2.44 bits per heavy atom. The Morgan fingerprint density at radius 2 is 1.89 bits per heavy atom. The van der Waals surface area contributed by atoms with Crippen LogP contribution in [0.3, 0.4) is 0 Å². The highest BCUT2D eigenvalue weighted by molar-refractivity contribution is 6.09. The fourth-order valence-corrected chi connectivity index (χ4v) is 2.07. The van der Waals surface area contributed by atoms with E-state index in [1.165, 1.54) is 0 Å². The predicted molar refractivity (Wildman–Crippen MR) is 62.2 cm³/mol. The second-order valence-electron chi connectivity index (χ2n) is 4.01. The SMILES string of the molecule is CCC(=O)c1c(CC)[nH]c2c(F)cc(F)c(F)c12. The summed E-state index contributed by atoms with van der Waals surface area (Å²) < 4.78 is 40.6. The van der Waals surface area contributed by atoms with Gasteiger partial charge >= 0.3 is 0 Å². The van der Waals surface area contributed by atoms with Gasteiger partial charge in [-0.15, -0.1) is 0 Å². The monoisotopic (exact) mass is 255 g/mol. The van der Waals surface area contributed by atoms with E-state index in [1.54, 1.807) is 13.8 Å². The van der Waals surface area contributed by atoms with Crippen LogP contribution in [0.15, 0.2) is 6.07 Å². The predicted octanol–water partition coefficient (Wildman–Crippen LogP) is 3.74. The number of aromatic amines is 1. The number of H-pyrrole nitrogens is 1. The summed E-state index contributed by atoms with van der Waals surface area (Å²) in [5, 5.41) is -0.281. The molecule has 2 aromatic rings. The van der Waals surface area contributed by atoms with Crippen molar-refractivity contribution in [1.29, 1.82) is 0 Å². The van der Waals surface area contributed by atoms with Crippen molar-refractivity contribution in [2.45, 2.75) is 26.7 Å². The van der Waals surface area contributed by atoms with Crippen molar-refractivity contribution >= 4 is 16.7 Å². The number of Topliss-reactive ketones (excluding diaryl/α,β-unsaturated/α-hetero) is 1. The van der Waals surface area contributed by atoms with Gasteiger partial charge in [-0.1, -0.05) is 13.8 Å². The summed E-state index contributed by atoms with van der Waals surface area (Å²) in [7, 11) is 0. The van der Waals surface area contributed by atoms with Gasteiger partial charge in [-0.2, -0.15) is 0 Å². The van der Waals surface area contributed by atoms with Gasteiger partial charge in [0.05, 0.1) is 10.9 Å². The third kappa shape index (κ3) is 1.70. The van der Waals surface area contributed by atoms with E-state index in [1.807, 2.05) is 0 Å². The Labute approximate surface area is 102 Å². The van der Waals surface area contributed by atoms with Crippen molar-refractivity contribution in [1.82, 2.24) is 4.98 Å². The highest BCUT2D eigenvalue weighted by Crippen LogP contribution is 2.30. The molecular formula is C13H12F3NO. The number of halogens is 3. The number of hydrogen-bond donors (Lipinski definition) is 1. The number of carbonyl (C=O) groups excluding carboxylic acids is 1. The molecule has 1 N–H and O–H groups in total. The molecular weight excluding hydrogens is 243 g/mol. The van der Waals surface area contributed by atoms with Crippen LogP contribution < -0.4 is 0 Å². The summed E-state index contributed by atoms with van der Waals surface area (Å²) in [6.07, 6.45) is 0.563. The van der Waals surface area contributed by atoms with Crippen molar-refractivity contribution in [2.75, 3.05) is 0 Å². The normalized spacial score (nSPS) is 11.2. The highest BCUT2D eigenvalue weighted by Gasteiger charge is 2.23. The van der Waals surface area contributed by atoms with Crippen molar-refractivity contribution in [2.24, 2.45) is 0 Å². The molecule has 0 amide bonds. The summed E-state index contributed by atoms with van der Waals surface area (Å²) in [6, 6.07) is 0.480. The molecule has 1 aromatic heterocycles. The minimum Gasteiger partial charge on any atom is -0.355 e. The van der Waals surface area contributed by atoms with Crippen LogP contribution in [0.1, 0.15) is 36.3 Å². The molecule has 18 heavy (non-hydrogen) atoms. The first-order chi connectivity index (χ1) is 8.51. The largest absolute Gasteiger partial charge is 0.355 e. The summed E-state index contributed by atoms with van der Waals surface area (Å²) in [6.45, 7) is 3.37. The molecule has 0 spiro atoms. The average molecular weight is 255 g/mol. The molecule has 0 saturated heterocycles. The number of hydrogen-bond acceptors (Lipinski definition) is 1. The van der Waals surface area contributed by atoms with E-state index in [9.17, 15) is 18.0 Å². The van der Waals surface area contributed by atoms with Crippen LogP contribution >= 0.6 is 0 Å². The number of nitrogens with one attached hydrogen (secondary N) is 1. The zero-order valence-electron chi connectivity index (χ0n) is 10.0. The van der Waals surface area contributed by atoms with Crippen molar-refractivity contribution in [3.05, 3.63) is 34.8 Å². The van der Waals surface area contributed by atoms with E-state index in [0.29, 0.717) is 18.2 Å². The number of fused-ring (bicyclic) bond motifs is 1. The minimum absolute atomic E-state index is 0.0610. The van der Waals surface area contributed by atoms with Crippen molar-refractivity contribution in [3.63, 3.8) is 0 Å². The van der Waals surface area contributed by atoms with Gasteiger partial charge in [0.25, 0.3) is 0 Å². The van der Waals surface area contributed by atoms with E-state index in [0.717, 1.165) is 0 Å². The molecule has 2 nitrogen and oxygen atoms in total. The van der Waals surface area contributed by atoms with Gasteiger partial charge in [-0.05, 0) is 6.42 Å². The fourth-order valence-electron chi connectivity index (χ4n) is 2.07. The molecule has 0 aliphatic rings. The van der Waals surface area contributed by atoms with Crippen LogP contribution in [-0.2, 0) is 6.42 Å². The molecule has 0 unspecified atom stereocenters. The molecule has 96 valence electrons. The number of rotatable bonds is 3. The first kappa shape index (κ1) is 12.7. The molecule has 0 bridgehead atoms. The molecule has 0 saturated carbocycles. The first-order valence-corrected chi connectivity index (χ1v) is 5.72. The van der Waals surface area contributed by atoms with Gasteiger partial charge < -0.3 is 4.98 Å². The van der Waals surface area contributed by atoms with Crippen LogP contribution in [0.2, 0.25) is 0 Å². The topological polar surface area (TPSA) is 32.9 Å². The zero-order chi connectivity index (χ0) is 13.4. The van der Waals surface area contributed by atoms with Crippen LogP contribution in [0.4, 0.5) is 13.2 Å². The van der Waals surface area contributed by atoms with Gasteiger partial charge in [-0.25, -0.2) is 13.2 Å². The van der Waals surface area contributed by atoms with Crippen molar-refractivity contribution in [3.8, 4) is 0 Å². The summed E-state index contributed by atoms with van der Waals surface area (Å²) >= 11 is 0. The second kappa shape index (κ2) is 4.48. The number of benzene rings is 1. The maximum Gasteiger partial charge on any atom is 0.169 e. The van der Waals surface area contributed by atoms with E-state index in [2.05, 4.69) is 4.98 Å². The quantitative estimate of drug-likeness (QED) is 0.657. The molecule has 0 aliphatic heterocycles. The van der Waals surface area contributed by atoms with Gasteiger partial charge in [-0.3, -0.25) is 4.79 Å². The van der Waals surface area contributed by atoms with Crippen molar-refractivity contribution < 1.29 is 18.0 Å². The number of aromatic nitrogens is 1. The summed E-state index contributed by atoms with van der Waals surface area (Å²) in [4.78, 5) is 14.5. The van der Waals surface area contributed by atoms with E-state index >= 15 is 0 Å². The van der Waals surface area contributed by atoms with Crippen LogP contribution in [0.5, 0.6) is 0 Å². The fraction of sp³-hybridized carbons (Fsp3) is 0.308. The molecule has 2 rings (SSSR count). The Balaban J connectivity index is 2.93. The Kier molecular flexibility index (Phi) is 3.15. The molecule has 1 aromatic carbocycles. The maximum absolute atomic E-state index is 13.8. The standard InChI is InChI=1S/C13H12F3NO/c1-3-8-10(9(18)4-2)11-12(16)6(14)5-7(15)13(11)17-8/h5,17H,3-4H2,1-2H3. The van der Waals surface area contributed by atoms with Crippen LogP contribution in [0.25, 0.3) is 10.9 Å². The number of carbonyl (C=O) groups is 1. The second-order valence-corrected chi connectivity index (χ2v) is 4.01. The van der Waals surface area contributed by atoms with Crippen LogP contribution in [0, 0.1) is 17.5 Å². The molecule has 5 heteroatoms. The Hall–Kier alpha value is -1.78. The average Bonchev–Trinajstić information content (AvgIpc) is 2.75. The Morgan fingerprint density at radius 1 is 1.22 bits per heavy atom. The first-order valence-electron chi connectivity index (χ1n) is 5.72. The van der Waals surface area contributed by atoms with E-state index in [-0.39, 0.29) is 28.7 Å². The lowest BCUT2D eigenvalue weighted by Crippen LogP contribution is -2.01. The maximum atomic E-state index is 13.8. The molecule has 0 fully saturated rings. The minimum atomic E-state index is -1.29. The van der Waals surface area contributed by atoms with Crippen LogP contribution in [-0.4, -0.2) is 10.8 Å². The highest BCUT2D eigenvalue weighted by atomic mass is 19.2. The van der Waals surface area contributed by atoms with E-state index in [4.69, 9.17) is 0 Å². The smallest absolute Gasteiger partial charge is 0.169 e. The summed E-state index contributed by atoms with van der Waals surface area (Å²) in [5.41, 5.74) is 0.341. The third-order valence-corrected chi connectivity index (χ3v) is 2.95. The lowest BCUT2D eigenvalue weighted by molar-refractivity contribution is 0.0988. The summed E-state index contributed by atoms with van der Waals surface area (Å²) in [5.74, 6) is -3.69. The number of aryl methyl sites for hydroxylation is 1. The molecule has 0 aliphatic carbocycles. The van der Waals surface area contributed by atoms with Gasteiger partial charge in [0.1, 0.15) is 5.82 Å². The van der Waals surface area contributed by atoms with Gasteiger partial charge in [0.15, 0.2) is 17.4 Å². The lowest BCUT2D eigenvalue weighted by Gasteiger charge is -2.01. The molecule has 0 radical (unpaired) electrons. The Bertz CT molecular complexity index is 631. The zero-order valence-corrected chi connectivity index (χ0v) is 10.0. The number of ketones is 1. The lowest BCUT2D eigenvalue weighted by atomic mass is 10.0. The molecule has 1 heterocycles. The van der Waals surface area contributed by atoms with Gasteiger partial charge in [0, 0.05) is 23.7 Å². The third-order valence-electron chi connectivity index (χ3n) is 2.95. The molecule has 0 atom stereocenters.